The molecular weight excluding hydrogens is 396 g/mol. The van der Waals surface area contributed by atoms with Crippen LogP contribution in [0.4, 0.5) is 4.79 Å². The molecule has 2 heterocycles. The lowest BCUT2D eigenvalue weighted by atomic mass is 9.97. The number of carbonyl (C=O) groups is 2. The number of amides is 2. The first kappa shape index (κ1) is 19.5. The highest BCUT2D eigenvalue weighted by molar-refractivity contribution is 8.00. The lowest BCUT2D eigenvalue weighted by Gasteiger charge is -2.41. The molecule has 2 amide bonds. The number of benzene rings is 2. The normalized spacial score (nSPS) is 24.2. The highest BCUT2D eigenvalue weighted by Crippen LogP contribution is 2.45. The maximum absolute atomic E-state index is 13.0. The zero-order chi connectivity index (χ0) is 20.9. The minimum atomic E-state index is -0.515. The Hall–Kier alpha value is -2.47. The lowest BCUT2D eigenvalue weighted by molar-refractivity contribution is -0.141. The molecule has 0 saturated carbocycles. The Labute approximate surface area is 181 Å². The summed E-state index contributed by atoms with van der Waals surface area (Å²) in [6.07, 6.45) is 1.04. The molecule has 2 unspecified atom stereocenters. The first-order chi connectivity index (χ1) is 14.5. The Balaban J connectivity index is 1.26. The molecule has 30 heavy (non-hydrogen) atoms. The number of nitrogens with one attached hydrogen (secondary N) is 1. The minimum absolute atomic E-state index is 0.00903. The molecule has 0 aromatic heterocycles. The fourth-order valence-corrected chi connectivity index (χ4v) is 6.58. The number of nitrogens with zero attached hydrogens (tertiary/aromatic N) is 1. The third-order valence-corrected chi connectivity index (χ3v) is 8.15. The van der Waals surface area contributed by atoms with Gasteiger partial charge >= 0.3 is 6.09 Å². The molecule has 3 aliphatic rings. The van der Waals surface area contributed by atoms with Crippen LogP contribution in [-0.4, -0.2) is 46.2 Å². The van der Waals surface area contributed by atoms with Crippen LogP contribution in [0, 0.1) is 0 Å². The van der Waals surface area contributed by atoms with Gasteiger partial charge < -0.3 is 15.0 Å². The number of hydrogen-bond acceptors (Lipinski definition) is 4. The molecular formula is C24H26N2O3S. The van der Waals surface area contributed by atoms with Gasteiger partial charge in [0.1, 0.15) is 12.6 Å². The Morgan fingerprint density at radius 1 is 1.10 bits per heavy atom. The highest BCUT2D eigenvalue weighted by Gasteiger charge is 2.48. The van der Waals surface area contributed by atoms with Gasteiger partial charge in [0.2, 0.25) is 5.91 Å². The molecule has 6 heteroatoms. The molecule has 5 nitrogen and oxygen atoms in total. The van der Waals surface area contributed by atoms with E-state index in [1.807, 2.05) is 40.9 Å². The van der Waals surface area contributed by atoms with Gasteiger partial charge in [0.25, 0.3) is 0 Å². The molecule has 2 aromatic rings. The number of piperidine rings is 1. The summed E-state index contributed by atoms with van der Waals surface area (Å²) in [6.45, 7) is 4.44. The zero-order valence-corrected chi connectivity index (χ0v) is 18.1. The fourth-order valence-electron chi connectivity index (χ4n) is 5.00. The summed E-state index contributed by atoms with van der Waals surface area (Å²) in [7, 11) is 0. The van der Waals surface area contributed by atoms with Gasteiger partial charge in [0.05, 0.1) is 5.37 Å². The summed E-state index contributed by atoms with van der Waals surface area (Å²) in [5.41, 5.74) is 4.58. The standard InChI is InChI=1S/C24H26N2O3S/c1-24(2)14-30-21-12-11-20(22(27)26(21)24)25-23(28)29-13-19-17-9-5-3-7-15(17)16-8-4-6-10-18(16)19/h3-10,19-21H,11-14H2,1-2H3,(H,25,28). The number of fused-ring (bicyclic) bond motifs is 4. The maximum Gasteiger partial charge on any atom is 0.407 e. The summed E-state index contributed by atoms with van der Waals surface area (Å²) in [6, 6.07) is 16.0. The van der Waals surface area contributed by atoms with Crippen molar-refractivity contribution in [3.8, 4) is 11.1 Å². The van der Waals surface area contributed by atoms with E-state index in [9.17, 15) is 9.59 Å². The van der Waals surface area contributed by atoms with E-state index in [2.05, 4.69) is 43.4 Å². The lowest BCUT2D eigenvalue weighted by Crippen LogP contribution is -2.59. The monoisotopic (exact) mass is 422 g/mol. The number of thioether (sulfide) groups is 1. The topological polar surface area (TPSA) is 58.6 Å². The Morgan fingerprint density at radius 3 is 2.40 bits per heavy atom. The second-order valence-electron chi connectivity index (χ2n) is 8.89. The van der Waals surface area contributed by atoms with Crippen molar-refractivity contribution in [1.82, 2.24) is 10.2 Å². The first-order valence-corrected chi connectivity index (χ1v) is 11.6. The van der Waals surface area contributed by atoms with E-state index >= 15 is 0 Å². The molecule has 2 aromatic carbocycles. The first-order valence-electron chi connectivity index (χ1n) is 10.5. The van der Waals surface area contributed by atoms with E-state index in [1.54, 1.807) is 0 Å². The second kappa shape index (κ2) is 7.34. The van der Waals surface area contributed by atoms with Gasteiger partial charge in [-0.05, 0) is 48.9 Å². The predicted molar refractivity (Wildman–Crippen MR) is 118 cm³/mol. The maximum atomic E-state index is 13.0. The van der Waals surface area contributed by atoms with Crippen molar-refractivity contribution in [2.24, 2.45) is 0 Å². The third kappa shape index (κ3) is 3.18. The number of carbonyl (C=O) groups excluding carboxylic acids is 2. The van der Waals surface area contributed by atoms with E-state index < -0.39 is 12.1 Å². The molecule has 2 fully saturated rings. The van der Waals surface area contributed by atoms with E-state index in [1.165, 1.54) is 22.3 Å². The zero-order valence-electron chi connectivity index (χ0n) is 17.3. The molecule has 0 radical (unpaired) electrons. The highest BCUT2D eigenvalue weighted by atomic mass is 32.2. The van der Waals surface area contributed by atoms with Crippen molar-refractivity contribution < 1.29 is 14.3 Å². The molecule has 2 saturated heterocycles. The van der Waals surface area contributed by atoms with Crippen molar-refractivity contribution in [2.45, 2.75) is 49.6 Å². The number of rotatable bonds is 3. The molecule has 156 valence electrons. The summed E-state index contributed by atoms with van der Waals surface area (Å²) in [5.74, 6) is 0.958. The SMILES string of the molecule is CC1(C)CSC2CCC(NC(=O)OCC3c4ccccc4-c4ccccc43)C(=O)N21. The number of alkyl carbamates (subject to hydrolysis) is 1. The molecule has 2 atom stereocenters. The van der Waals surface area contributed by atoms with Gasteiger partial charge in [-0.3, -0.25) is 4.79 Å². The van der Waals surface area contributed by atoms with Gasteiger partial charge in [-0.1, -0.05) is 48.5 Å². The van der Waals surface area contributed by atoms with Crippen LogP contribution in [0.2, 0.25) is 0 Å². The third-order valence-electron chi connectivity index (χ3n) is 6.44. The minimum Gasteiger partial charge on any atom is -0.449 e. The van der Waals surface area contributed by atoms with E-state index in [4.69, 9.17) is 4.74 Å². The molecule has 5 rings (SSSR count). The van der Waals surface area contributed by atoms with Crippen LogP contribution in [0.1, 0.15) is 43.7 Å². The Bertz CT molecular complexity index is 960. The van der Waals surface area contributed by atoms with Crippen LogP contribution in [0.25, 0.3) is 11.1 Å². The van der Waals surface area contributed by atoms with Crippen LogP contribution in [0.5, 0.6) is 0 Å². The van der Waals surface area contributed by atoms with Crippen LogP contribution >= 0.6 is 11.8 Å². The average Bonchev–Trinajstić information content (AvgIpc) is 3.23. The molecule has 1 N–H and O–H groups in total. The molecule has 2 aliphatic heterocycles. The number of hydrogen-bond donors (Lipinski definition) is 1. The quantitative estimate of drug-likeness (QED) is 0.798. The van der Waals surface area contributed by atoms with Gasteiger partial charge in [0.15, 0.2) is 0 Å². The second-order valence-corrected chi connectivity index (χ2v) is 10.1. The van der Waals surface area contributed by atoms with Crippen molar-refractivity contribution >= 4 is 23.8 Å². The number of ether oxygens (including phenoxy) is 1. The summed E-state index contributed by atoms with van der Waals surface area (Å²) < 4.78 is 5.63. The average molecular weight is 423 g/mol. The van der Waals surface area contributed by atoms with Crippen LogP contribution in [0.3, 0.4) is 0 Å². The molecule has 0 bridgehead atoms. The predicted octanol–water partition coefficient (Wildman–Crippen LogP) is 4.37. The van der Waals surface area contributed by atoms with Gasteiger partial charge in [-0.15, -0.1) is 11.8 Å². The fraction of sp³-hybridized carbons (Fsp3) is 0.417. The van der Waals surface area contributed by atoms with E-state index in [0.717, 1.165) is 12.2 Å². The Morgan fingerprint density at radius 2 is 1.73 bits per heavy atom. The summed E-state index contributed by atoms with van der Waals surface area (Å²) in [4.78, 5) is 27.5. The van der Waals surface area contributed by atoms with E-state index in [0.29, 0.717) is 6.42 Å². The molecule has 1 aliphatic carbocycles. The van der Waals surface area contributed by atoms with Gasteiger partial charge in [0, 0.05) is 17.2 Å². The van der Waals surface area contributed by atoms with Crippen LogP contribution in [0.15, 0.2) is 48.5 Å². The smallest absolute Gasteiger partial charge is 0.407 e. The largest absolute Gasteiger partial charge is 0.449 e. The van der Waals surface area contributed by atoms with Crippen molar-refractivity contribution in [1.29, 1.82) is 0 Å². The van der Waals surface area contributed by atoms with E-state index in [-0.39, 0.29) is 29.3 Å². The Kier molecular flexibility index (Phi) is 4.77. The van der Waals surface area contributed by atoms with Crippen LogP contribution < -0.4 is 5.32 Å². The summed E-state index contributed by atoms with van der Waals surface area (Å²) >= 11 is 1.83. The molecule has 0 spiro atoms. The van der Waals surface area contributed by atoms with Gasteiger partial charge in [-0.2, -0.15) is 0 Å². The van der Waals surface area contributed by atoms with Crippen molar-refractivity contribution in [2.75, 3.05) is 12.4 Å². The van der Waals surface area contributed by atoms with Crippen LogP contribution in [-0.2, 0) is 9.53 Å². The summed E-state index contributed by atoms with van der Waals surface area (Å²) in [5, 5.41) is 3.06. The van der Waals surface area contributed by atoms with Crippen molar-refractivity contribution in [3.05, 3.63) is 59.7 Å². The van der Waals surface area contributed by atoms with Gasteiger partial charge in [-0.25, -0.2) is 4.79 Å². The van der Waals surface area contributed by atoms with Crippen molar-refractivity contribution in [3.63, 3.8) is 0 Å².